The number of nitrogens with one attached hydrogen (secondary N) is 1. The Kier molecular flexibility index (Phi) is 7.98. The lowest BCUT2D eigenvalue weighted by molar-refractivity contribution is -0.139. The Bertz CT molecular complexity index is 499. The van der Waals surface area contributed by atoms with Gasteiger partial charge < -0.3 is 19.5 Å². The summed E-state index contributed by atoms with van der Waals surface area (Å²) in [4.78, 5) is 16.9. The second-order valence-corrected chi connectivity index (χ2v) is 5.49. The molecule has 1 unspecified atom stereocenters. The van der Waals surface area contributed by atoms with Crippen molar-refractivity contribution < 1.29 is 19.0 Å². The molecule has 1 amide bonds. The molecule has 1 aromatic rings. The van der Waals surface area contributed by atoms with Gasteiger partial charge in [0.1, 0.15) is 12.2 Å². The lowest BCUT2D eigenvalue weighted by atomic mass is 9.99. The standard InChI is InChI=1S/C17H28N2O4/c1-6-10-17(4,23-7-2)16(20)19-14-8-9-15(18-13(14)3)22-12-11-21-5/h8-9H,6-7,10-12H2,1-5H3,(H,19,20). The number of rotatable bonds is 10. The number of hydrogen-bond acceptors (Lipinski definition) is 5. The Labute approximate surface area is 138 Å². The smallest absolute Gasteiger partial charge is 0.256 e. The van der Waals surface area contributed by atoms with E-state index in [1.807, 2.05) is 27.7 Å². The van der Waals surface area contributed by atoms with Gasteiger partial charge in [0, 0.05) is 19.8 Å². The first-order valence-electron chi connectivity index (χ1n) is 8.01. The van der Waals surface area contributed by atoms with E-state index in [2.05, 4.69) is 10.3 Å². The molecule has 0 saturated carbocycles. The normalized spacial score (nSPS) is 13.4. The molecule has 0 spiro atoms. The molecule has 1 rings (SSSR count). The van der Waals surface area contributed by atoms with Crippen LogP contribution in [0.2, 0.25) is 0 Å². The number of methoxy groups -OCH3 is 1. The number of carbonyl (C=O) groups is 1. The predicted octanol–water partition coefficient (Wildman–Crippen LogP) is 2.95. The third-order valence-corrected chi connectivity index (χ3v) is 3.52. The summed E-state index contributed by atoms with van der Waals surface area (Å²) >= 11 is 0. The predicted molar refractivity (Wildman–Crippen MR) is 89.9 cm³/mol. The fraction of sp³-hybridized carbons (Fsp3) is 0.647. The van der Waals surface area contributed by atoms with Crippen LogP contribution in [0.15, 0.2) is 12.1 Å². The second kappa shape index (κ2) is 9.47. The summed E-state index contributed by atoms with van der Waals surface area (Å²) in [6.45, 7) is 9.00. The Morgan fingerprint density at radius 3 is 2.61 bits per heavy atom. The summed E-state index contributed by atoms with van der Waals surface area (Å²) in [7, 11) is 1.62. The summed E-state index contributed by atoms with van der Waals surface area (Å²) in [5, 5.41) is 2.91. The van der Waals surface area contributed by atoms with Crippen molar-refractivity contribution in [3.63, 3.8) is 0 Å². The average Bonchev–Trinajstić information content (AvgIpc) is 2.50. The van der Waals surface area contributed by atoms with E-state index in [-0.39, 0.29) is 5.91 Å². The third-order valence-electron chi connectivity index (χ3n) is 3.52. The van der Waals surface area contributed by atoms with Gasteiger partial charge in [0.25, 0.3) is 5.91 Å². The largest absolute Gasteiger partial charge is 0.475 e. The van der Waals surface area contributed by atoms with Crippen LogP contribution in [0.25, 0.3) is 0 Å². The van der Waals surface area contributed by atoms with Crippen LogP contribution in [-0.2, 0) is 14.3 Å². The number of hydrogen-bond donors (Lipinski definition) is 1. The Morgan fingerprint density at radius 2 is 2.04 bits per heavy atom. The number of pyridine rings is 1. The van der Waals surface area contributed by atoms with Crippen LogP contribution in [0.3, 0.4) is 0 Å². The summed E-state index contributed by atoms with van der Waals surface area (Å²) in [6.07, 6.45) is 1.53. The van der Waals surface area contributed by atoms with Crippen LogP contribution in [0.5, 0.6) is 5.88 Å². The van der Waals surface area contributed by atoms with E-state index in [0.29, 0.717) is 43.5 Å². The van der Waals surface area contributed by atoms with Crippen molar-refractivity contribution in [2.45, 2.75) is 46.1 Å². The van der Waals surface area contributed by atoms with Gasteiger partial charge in [-0.3, -0.25) is 4.79 Å². The molecule has 1 aromatic heterocycles. The fourth-order valence-corrected chi connectivity index (χ4v) is 2.28. The first kappa shape index (κ1) is 19.4. The van der Waals surface area contributed by atoms with E-state index < -0.39 is 5.60 Å². The highest BCUT2D eigenvalue weighted by molar-refractivity contribution is 5.97. The molecule has 0 fully saturated rings. The zero-order valence-corrected chi connectivity index (χ0v) is 14.8. The van der Waals surface area contributed by atoms with E-state index >= 15 is 0 Å². The molecule has 130 valence electrons. The van der Waals surface area contributed by atoms with Crippen molar-refractivity contribution in [1.82, 2.24) is 4.98 Å². The number of amides is 1. The Balaban J connectivity index is 2.77. The molecule has 0 bridgehead atoms. The number of aryl methyl sites for hydroxylation is 1. The maximum Gasteiger partial charge on any atom is 0.256 e. The first-order chi connectivity index (χ1) is 11.0. The van der Waals surface area contributed by atoms with Crippen molar-refractivity contribution >= 4 is 11.6 Å². The van der Waals surface area contributed by atoms with Crippen molar-refractivity contribution in [1.29, 1.82) is 0 Å². The molecule has 23 heavy (non-hydrogen) atoms. The van der Waals surface area contributed by atoms with Gasteiger partial charge in [0.15, 0.2) is 0 Å². The van der Waals surface area contributed by atoms with E-state index in [1.165, 1.54) is 0 Å². The van der Waals surface area contributed by atoms with E-state index in [1.54, 1.807) is 19.2 Å². The van der Waals surface area contributed by atoms with Crippen LogP contribution < -0.4 is 10.1 Å². The van der Waals surface area contributed by atoms with Crippen LogP contribution >= 0.6 is 0 Å². The van der Waals surface area contributed by atoms with Gasteiger partial charge in [-0.1, -0.05) is 13.3 Å². The van der Waals surface area contributed by atoms with Crippen molar-refractivity contribution in [2.24, 2.45) is 0 Å². The molecular weight excluding hydrogens is 296 g/mol. The van der Waals surface area contributed by atoms with Crippen LogP contribution in [-0.4, -0.2) is 43.4 Å². The maximum atomic E-state index is 12.6. The van der Waals surface area contributed by atoms with E-state index in [0.717, 1.165) is 6.42 Å². The maximum absolute atomic E-state index is 12.6. The summed E-state index contributed by atoms with van der Waals surface area (Å²) in [5.74, 6) is 0.359. The highest BCUT2D eigenvalue weighted by atomic mass is 16.5. The molecule has 0 aliphatic rings. The van der Waals surface area contributed by atoms with Crippen LogP contribution in [0.1, 0.15) is 39.3 Å². The molecule has 1 N–H and O–H groups in total. The van der Waals surface area contributed by atoms with Gasteiger partial charge in [-0.15, -0.1) is 0 Å². The molecule has 6 nitrogen and oxygen atoms in total. The highest BCUT2D eigenvalue weighted by Crippen LogP contribution is 2.23. The lowest BCUT2D eigenvalue weighted by Crippen LogP contribution is -2.42. The fourth-order valence-electron chi connectivity index (χ4n) is 2.28. The van der Waals surface area contributed by atoms with Crippen molar-refractivity contribution in [3.05, 3.63) is 17.8 Å². The van der Waals surface area contributed by atoms with Gasteiger partial charge >= 0.3 is 0 Å². The van der Waals surface area contributed by atoms with Gasteiger partial charge in [-0.25, -0.2) is 4.98 Å². The summed E-state index contributed by atoms with van der Waals surface area (Å²) in [6, 6.07) is 3.52. The number of nitrogens with zero attached hydrogens (tertiary/aromatic N) is 1. The highest BCUT2D eigenvalue weighted by Gasteiger charge is 2.33. The minimum atomic E-state index is -0.830. The number of carbonyl (C=O) groups excluding carboxylic acids is 1. The molecule has 1 atom stereocenters. The van der Waals surface area contributed by atoms with Crippen molar-refractivity contribution in [3.8, 4) is 5.88 Å². The molecule has 0 aliphatic carbocycles. The molecule has 0 aromatic carbocycles. The molecule has 1 heterocycles. The van der Waals surface area contributed by atoms with Gasteiger partial charge in [-0.2, -0.15) is 0 Å². The molecule has 0 aliphatic heterocycles. The monoisotopic (exact) mass is 324 g/mol. The van der Waals surface area contributed by atoms with Crippen molar-refractivity contribution in [2.75, 3.05) is 32.2 Å². The first-order valence-corrected chi connectivity index (χ1v) is 8.01. The van der Waals surface area contributed by atoms with Gasteiger partial charge in [0.2, 0.25) is 5.88 Å². The molecular formula is C17H28N2O4. The number of ether oxygens (including phenoxy) is 3. The minimum Gasteiger partial charge on any atom is -0.475 e. The van der Waals surface area contributed by atoms with E-state index in [9.17, 15) is 4.79 Å². The number of aromatic nitrogens is 1. The van der Waals surface area contributed by atoms with Gasteiger partial charge in [-0.05, 0) is 33.3 Å². The number of anilines is 1. The minimum absolute atomic E-state index is 0.154. The molecule has 6 heteroatoms. The SMILES string of the molecule is CCCC(C)(OCC)C(=O)Nc1ccc(OCCOC)nc1C. The van der Waals surface area contributed by atoms with E-state index in [4.69, 9.17) is 14.2 Å². The van der Waals surface area contributed by atoms with Crippen LogP contribution in [0.4, 0.5) is 5.69 Å². The van der Waals surface area contributed by atoms with Crippen LogP contribution in [0, 0.1) is 6.92 Å². The second-order valence-electron chi connectivity index (χ2n) is 5.49. The third kappa shape index (κ3) is 5.80. The topological polar surface area (TPSA) is 69.7 Å². The Hall–Kier alpha value is -1.66. The molecule has 0 radical (unpaired) electrons. The summed E-state index contributed by atoms with van der Waals surface area (Å²) in [5.41, 5.74) is 0.531. The zero-order chi connectivity index (χ0) is 17.3. The average molecular weight is 324 g/mol. The quantitative estimate of drug-likeness (QED) is 0.670. The molecule has 0 saturated heterocycles. The van der Waals surface area contributed by atoms with Gasteiger partial charge in [0.05, 0.1) is 18.0 Å². The Morgan fingerprint density at radius 1 is 1.30 bits per heavy atom. The summed E-state index contributed by atoms with van der Waals surface area (Å²) < 4.78 is 16.0. The lowest BCUT2D eigenvalue weighted by Gasteiger charge is -2.28. The zero-order valence-electron chi connectivity index (χ0n) is 14.8.